The second-order valence-corrected chi connectivity index (χ2v) is 5.07. The van der Waals surface area contributed by atoms with Gasteiger partial charge in [-0.2, -0.15) is 13.9 Å². The molecular formula is C15H15F4N3O2. The molecule has 24 heavy (non-hydrogen) atoms. The van der Waals surface area contributed by atoms with Crippen molar-refractivity contribution in [1.82, 2.24) is 9.78 Å². The van der Waals surface area contributed by atoms with Crippen LogP contribution in [0.25, 0.3) is 0 Å². The molecular weight excluding hydrogens is 330 g/mol. The standard InChI is InChI=1S/C15H15F4N3O2/c1-8-5-10(24-15(18)19)3-4-11(8)20-13(23)7-22-12(14(16)17)6-9(2)21-22/h3-6,14-15H,7H2,1-2H3,(H,20,23). The number of amides is 1. The van der Waals surface area contributed by atoms with Crippen LogP contribution in [-0.2, 0) is 11.3 Å². The maximum atomic E-state index is 12.9. The highest BCUT2D eigenvalue weighted by molar-refractivity contribution is 5.91. The third-order valence-corrected chi connectivity index (χ3v) is 3.15. The van der Waals surface area contributed by atoms with Gasteiger partial charge in [-0.3, -0.25) is 9.48 Å². The molecule has 9 heteroatoms. The first-order chi connectivity index (χ1) is 11.3. The zero-order valence-electron chi connectivity index (χ0n) is 12.9. The molecule has 5 nitrogen and oxygen atoms in total. The molecule has 1 amide bonds. The van der Waals surface area contributed by atoms with E-state index in [2.05, 4.69) is 15.2 Å². The number of nitrogens with zero attached hydrogens (tertiary/aromatic N) is 2. The summed E-state index contributed by atoms with van der Waals surface area (Å²) in [6, 6.07) is 5.22. The molecule has 130 valence electrons. The summed E-state index contributed by atoms with van der Waals surface area (Å²) in [7, 11) is 0. The summed E-state index contributed by atoms with van der Waals surface area (Å²) < 4.78 is 55.2. The molecule has 0 aliphatic carbocycles. The van der Waals surface area contributed by atoms with E-state index in [0.717, 1.165) is 4.68 Å². The molecule has 0 saturated heterocycles. The molecule has 2 aromatic rings. The second kappa shape index (κ2) is 7.33. The maximum absolute atomic E-state index is 12.9. The molecule has 1 aromatic carbocycles. The number of halogens is 4. The van der Waals surface area contributed by atoms with Crippen molar-refractivity contribution in [3.05, 3.63) is 41.2 Å². The first kappa shape index (κ1) is 17.8. The van der Waals surface area contributed by atoms with Gasteiger partial charge in [-0.15, -0.1) is 0 Å². The molecule has 2 rings (SSSR count). The van der Waals surface area contributed by atoms with Crippen molar-refractivity contribution in [2.45, 2.75) is 33.4 Å². The van der Waals surface area contributed by atoms with Crippen molar-refractivity contribution in [3.63, 3.8) is 0 Å². The van der Waals surface area contributed by atoms with Crippen LogP contribution in [0.2, 0.25) is 0 Å². The van der Waals surface area contributed by atoms with E-state index in [4.69, 9.17) is 0 Å². The van der Waals surface area contributed by atoms with Gasteiger partial charge in [0.05, 0.1) is 5.69 Å². The summed E-state index contributed by atoms with van der Waals surface area (Å²) in [4.78, 5) is 12.0. The van der Waals surface area contributed by atoms with Crippen LogP contribution in [0.15, 0.2) is 24.3 Å². The highest BCUT2D eigenvalue weighted by Gasteiger charge is 2.17. The van der Waals surface area contributed by atoms with Gasteiger partial charge in [-0.05, 0) is 43.7 Å². The van der Waals surface area contributed by atoms with Gasteiger partial charge in [-0.1, -0.05) is 0 Å². The molecule has 0 aliphatic rings. The van der Waals surface area contributed by atoms with Crippen molar-refractivity contribution in [2.75, 3.05) is 5.32 Å². The van der Waals surface area contributed by atoms with E-state index in [-0.39, 0.29) is 18.0 Å². The van der Waals surface area contributed by atoms with E-state index in [0.29, 0.717) is 16.9 Å². The molecule has 1 aromatic heterocycles. The molecule has 0 spiro atoms. The van der Waals surface area contributed by atoms with E-state index in [1.54, 1.807) is 13.8 Å². The number of aromatic nitrogens is 2. The van der Waals surface area contributed by atoms with Gasteiger partial charge < -0.3 is 10.1 Å². The highest BCUT2D eigenvalue weighted by atomic mass is 19.3. The summed E-state index contributed by atoms with van der Waals surface area (Å²) >= 11 is 0. The molecule has 0 bridgehead atoms. The predicted octanol–water partition coefficient (Wildman–Crippen LogP) is 3.68. The van der Waals surface area contributed by atoms with E-state index >= 15 is 0 Å². The van der Waals surface area contributed by atoms with Gasteiger partial charge >= 0.3 is 6.61 Å². The van der Waals surface area contributed by atoms with Gasteiger partial charge in [0.1, 0.15) is 18.0 Å². The van der Waals surface area contributed by atoms with Crippen LogP contribution in [0, 0.1) is 13.8 Å². The Morgan fingerprint density at radius 2 is 1.96 bits per heavy atom. The van der Waals surface area contributed by atoms with Crippen molar-refractivity contribution in [3.8, 4) is 5.75 Å². The number of alkyl halides is 4. The SMILES string of the molecule is Cc1cc(C(F)F)n(CC(=O)Nc2ccc(OC(F)F)cc2C)n1. The zero-order valence-corrected chi connectivity index (χ0v) is 12.9. The second-order valence-electron chi connectivity index (χ2n) is 5.07. The predicted molar refractivity (Wildman–Crippen MR) is 78.4 cm³/mol. The molecule has 1 N–H and O–H groups in total. The Hall–Kier alpha value is -2.58. The lowest BCUT2D eigenvalue weighted by Crippen LogP contribution is -2.21. The van der Waals surface area contributed by atoms with Crippen LogP contribution in [-0.4, -0.2) is 22.3 Å². The number of carbonyl (C=O) groups excluding carboxylic acids is 1. The lowest BCUT2D eigenvalue weighted by atomic mass is 10.2. The first-order valence-electron chi connectivity index (χ1n) is 6.94. The average molecular weight is 345 g/mol. The van der Waals surface area contributed by atoms with E-state index in [9.17, 15) is 22.4 Å². The Labute approximate surface area is 135 Å². The number of carbonyl (C=O) groups is 1. The molecule has 0 atom stereocenters. The third kappa shape index (κ3) is 4.46. The molecule has 0 unspecified atom stereocenters. The quantitative estimate of drug-likeness (QED) is 0.813. The van der Waals surface area contributed by atoms with Crippen LogP contribution in [0.5, 0.6) is 5.75 Å². The van der Waals surface area contributed by atoms with Crippen molar-refractivity contribution < 1.29 is 27.1 Å². The lowest BCUT2D eigenvalue weighted by Gasteiger charge is -2.12. The summed E-state index contributed by atoms with van der Waals surface area (Å²) in [6.07, 6.45) is -2.74. The first-order valence-corrected chi connectivity index (χ1v) is 6.94. The number of hydrogen-bond donors (Lipinski definition) is 1. The van der Waals surface area contributed by atoms with Gasteiger partial charge in [0, 0.05) is 5.69 Å². The minimum absolute atomic E-state index is 0.0387. The summed E-state index contributed by atoms with van der Waals surface area (Å²) in [5.41, 5.74) is 0.888. The Bertz CT molecular complexity index is 732. The number of hydrogen-bond acceptors (Lipinski definition) is 3. The normalized spacial score (nSPS) is 11.2. The van der Waals surface area contributed by atoms with Crippen molar-refractivity contribution in [2.24, 2.45) is 0 Å². The van der Waals surface area contributed by atoms with Crippen molar-refractivity contribution >= 4 is 11.6 Å². The lowest BCUT2D eigenvalue weighted by molar-refractivity contribution is -0.117. The fourth-order valence-electron chi connectivity index (χ4n) is 2.15. The summed E-state index contributed by atoms with van der Waals surface area (Å²) in [5.74, 6) is -0.603. The van der Waals surface area contributed by atoms with Gasteiger partial charge in [-0.25, -0.2) is 8.78 Å². The van der Waals surface area contributed by atoms with Gasteiger partial charge in [0.2, 0.25) is 5.91 Å². The number of rotatable bonds is 6. The molecule has 1 heterocycles. The molecule has 0 fully saturated rings. The Balaban J connectivity index is 2.07. The van der Waals surface area contributed by atoms with Crippen LogP contribution >= 0.6 is 0 Å². The summed E-state index contributed by atoms with van der Waals surface area (Å²) in [5, 5.41) is 6.38. The number of ether oxygens (including phenoxy) is 1. The Morgan fingerprint density at radius 3 is 2.54 bits per heavy atom. The fourth-order valence-corrected chi connectivity index (χ4v) is 2.15. The van der Waals surface area contributed by atoms with Crippen LogP contribution < -0.4 is 10.1 Å². The van der Waals surface area contributed by atoms with Gasteiger partial charge in [0.15, 0.2) is 0 Å². The van der Waals surface area contributed by atoms with E-state index < -0.39 is 18.9 Å². The summed E-state index contributed by atoms with van der Waals surface area (Å²) in [6.45, 7) is -0.189. The zero-order chi connectivity index (χ0) is 17.9. The number of nitrogens with one attached hydrogen (secondary N) is 1. The minimum Gasteiger partial charge on any atom is -0.435 e. The molecule has 0 saturated carbocycles. The third-order valence-electron chi connectivity index (χ3n) is 3.15. The topological polar surface area (TPSA) is 56.2 Å². The van der Waals surface area contributed by atoms with Crippen LogP contribution in [0.4, 0.5) is 23.2 Å². The highest BCUT2D eigenvalue weighted by Crippen LogP contribution is 2.23. The van der Waals surface area contributed by atoms with E-state index in [1.165, 1.54) is 24.3 Å². The Morgan fingerprint density at radius 1 is 1.25 bits per heavy atom. The van der Waals surface area contributed by atoms with Crippen molar-refractivity contribution in [1.29, 1.82) is 0 Å². The molecule has 0 aliphatic heterocycles. The fraction of sp³-hybridized carbons (Fsp3) is 0.333. The molecule has 0 radical (unpaired) electrons. The average Bonchev–Trinajstić information content (AvgIpc) is 2.82. The Kier molecular flexibility index (Phi) is 5.42. The van der Waals surface area contributed by atoms with Gasteiger partial charge in [0.25, 0.3) is 6.43 Å². The largest absolute Gasteiger partial charge is 0.435 e. The minimum atomic E-state index is -2.94. The van der Waals surface area contributed by atoms with Crippen LogP contribution in [0.1, 0.15) is 23.4 Å². The number of anilines is 1. The van der Waals surface area contributed by atoms with E-state index in [1.807, 2.05) is 0 Å². The number of aryl methyl sites for hydroxylation is 2. The monoisotopic (exact) mass is 345 g/mol. The van der Waals surface area contributed by atoms with Crippen LogP contribution in [0.3, 0.4) is 0 Å². The number of benzene rings is 1. The maximum Gasteiger partial charge on any atom is 0.387 e. The smallest absolute Gasteiger partial charge is 0.387 e.